The van der Waals surface area contributed by atoms with Crippen molar-refractivity contribution >= 4 is 33.4 Å². The second-order valence-corrected chi connectivity index (χ2v) is 8.84. The first-order valence-electron chi connectivity index (χ1n) is 10.2. The number of fused-ring (bicyclic) bond motifs is 1. The van der Waals surface area contributed by atoms with E-state index < -0.39 is 0 Å². The van der Waals surface area contributed by atoms with Gasteiger partial charge in [-0.1, -0.05) is 60.7 Å². The summed E-state index contributed by atoms with van der Waals surface area (Å²) in [6.07, 6.45) is 0.699. The number of carbonyl (C=O) groups excluding carboxylic acids is 2. The zero-order valence-electron chi connectivity index (χ0n) is 17.1. The molecule has 1 fully saturated rings. The number of nitrogens with zero attached hydrogens (tertiary/aromatic N) is 3. The minimum absolute atomic E-state index is 0.0855. The molecule has 4 aromatic rings. The molecule has 2 aromatic heterocycles. The van der Waals surface area contributed by atoms with Crippen LogP contribution in [-0.2, 0) is 18.3 Å². The third-order valence-electron chi connectivity index (χ3n) is 5.52. The lowest BCUT2D eigenvalue weighted by molar-refractivity contribution is -0.124. The molecule has 156 valence electrons. The predicted molar refractivity (Wildman–Crippen MR) is 122 cm³/mol. The van der Waals surface area contributed by atoms with Gasteiger partial charge in [0.1, 0.15) is 10.5 Å². The van der Waals surface area contributed by atoms with Gasteiger partial charge in [-0.2, -0.15) is 5.10 Å². The van der Waals surface area contributed by atoms with Gasteiger partial charge in [-0.15, -0.1) is 11.3 Å². The highest BCUT2D eigenvalue weighted by atomic mass is 32.1. The molecular weight excluding hydrogens is 408 g/mol. The van der Waals surface area contributed by atoms with E-state index in [1.807, 2.05) is 78.5 Å². The van der Waals surface area contributed by atoms with Crippen molar-refractivity contribution in [3.63, 3.8) is 0 Å². The summed E-state index contributed by atoms with van der Waals surface area (Å²) in [4.78, 5) is 28.8. The summed E-state index contributed by atoms with van der Waals surface area (Å²) < 4.78 is 1.82. The van der Waals surface area contributed by atoms with Crippen molar-refractivity contribution in [1.82, 2.24) is 20.0 Å². The number of piperazine rings is 1. The van der Waals surface area contributed by atoms with E-state index in [0.717, 1.165) is 27.0 Å². The molecule has 1 atom stereocenters. The lowest BCUT2D eigenvalue weighted by atomic mass is 10.0. The predicted octanol–water partition coefficient (Wildman–Crippen LogP) is 3.49. The van der Waals surface area contributed by atoms with Crippen molar-refractivity contribution in [3.05, 3.63) is 77.2 Å². The van der Waals surface area contributed by atoms with Crippen LogP contribution in [0.5, 0.6) is 0 Å². The number of rotatable bonds is 4. The molecule has 1 saturated heterocycles. The van der Waals surface area contributed by atoms with Gasteiger partial charge in [-0.05, 0) is 18.1 Å². The van der Waals surface area contributed by atoms with E-state index in [1.165, 1.54) is 11.3 Å². The van der Waals surface area contributed by atoms with Crippen molar-refractivity contribution in [1.29, 1.82) is 0 Å². The summed E-state index contributed by atoms with van der Waals surface area (Å²) in [6, 6.07) is 21.8. The highest BCUT2D eigenvalue weighted by molar-refractivity contribution is 7.20. The number of hydrogen-bond donors (Lipinski definition) is 1. The quantitative estimate of drug-likeness (QED) is 0.539. The molecule has 1 aliphatic rings. The Morgan fingerprint density at radius 3 is 2.58 bits per heavy atom. The summed E-state index contributed by atoms with van der Waals surface area (Å²) in [7, 11) is 1.89. The Kier molecular flexibility index (Phi) is 5.03. The van der Waals surface area contributed by atoms with Crippen molar-refractivity contribution in [2.24, 2.45) is 7.05 Å². The van der Waals surface area contributed by atoms with Crippen LogP contribution in [0.15, 0.2) is 66.7 Å². The Bertz CT molecular complexity index is 1250. The maximum absolute atomic E-state index is 13.3. The number of carbonyl (C=O) groups is 2. The topological polar surface area (TPSA) is 67.2 Å². The Labute approximate surface area is 184 Å². The number of aryl methyl sites for hydroxylation is 1. The number of nitrogens with one attached hydrogen (secondary N) is 1. The molecular formula is C24H22N4O2S. The molecule has 0 radical (unpaired) electrons. The Morgan fingerprint density at radius 2 is 1.84 bits per heavy atom. The molecule has 5 rings (SSSR count). The molecule has 0 spiro atoms. The number of thiophene rings is 1. The minimum Gasteiger partial charge on any atom is -0.350 e. The van der Waals surface area contributed by atoms with Crippen LogP contribution in [0.4, 0.5) is 0 Å². The van der Waals surface area contributed by atoms with Gasteiger partial charge >= 0.3 is 0 Å². The van der Waals surface area contributed by atoms with Gasteiger partial charge in [0.25, 0.3) is 5.91 Å². The molecule has 0 bridgehead atoms. The monoisotopic (exact) mass is 430 g/mol. The van der Waals surface area contributed by atoms with Crippen molar-refractivity contribution in [3.8, 4) is 11.3 Å². The van der Waals surface area contributed by atoms with E-state index in [4.69, 9.17) is 0 Å². The summed E-state index contributed by atoms with van der Waals surface area (Å²) in [5, 5.41) is 8.62. The summed E-state index contributed by atoms with van der Waals surface area (Å²) in [5.41, 5.74) is 3.03. The fourth-order valence-electron chi connectivity index (χ4n) is 4.10. The van der Waals surface area contributed by atoms with Gasteiger partial charge in [-0.25, -0.2) is 0 Å². The van der Waals surface area contributed by atoms with Crippen LogP contribution in [0.25, 0.3) is 21.5 Å². The second-order valence-electron chi connectivity index (χ2n) is 7.81. The van der Waals surface area contributed by atoms with Gasteiger partial charge in [0.05, 0.1) is 17.5 Å². The first-order chi connectivity index (χ1) is 15.1. The number of hydrogen-bond acceptors (Lipinski definition) is 4. The zero-order valence-corrected chi connectivity index (χ0v) is 17.9. The Balaban J connectivity index is 1.41. The molecule has 3 heterocycles. The van der Waals surface area contributed by atoms with Crippen LogP contribution < -0.4 is 5.32 Å². The normalized spacial score (nSPS) is 16.5. The highest BCUT2D eigenvalue weighted by Crippen LogP contribution is 2.34. The number of aromatic nitrogens is 2. The fourth-order valence-corrected chi connectivity index (χ4v) is 5.14. The lowest BCUT2D eigenvalue weighted by Crippen LogP contribution is -2.56. The third kappa shape index (κ3) is 3.84. The smallest absolute Gasteiger partial charge is 0.264 e. The molecule has 1 N–H and O–H groups in total. The van der Waals surface area contributed by atoms with Crippen molar-refractivity contribution in [2.75, 3.05) is 13.1 Å². The van der Waals surface area contributed by atoms with Crippen LogP contribution in [0.1, 0.15) is 15.2 Å². The maximum atomic E-state index is 13.3. The van der Waals surface area contributed by atoms with Gasteiger partial charge in [0.15, 0.2) is 0 Å². The highest BCUT2D eigenvalue weighted by Gasteiger charge is 2.30. The number of amides is 2. The first-order valence-corrected chi connectivity index (χ1v) is 11.0. The molecule has 31 heavy (non-hydrogen) atoms. The van der Waals surface area contributed by atoms with E-state index in [1.54, 1.807) is 4.90 Å². The number of benzene rings is 2. The summed E-state index contributed by atoms with van der Waals surface area (Å²) in [5.74, 6) is -0.221. The lowest BCUT2D eigenvalue weighted by Gasteiger charge is -2.33. The molecule has 1 unspecified atom stereocenters. The zero-order chi connectivity index (χ0) is 21.4. The van der Waals surface area contributed by atoms with Gasteiger partial charge in [0, 0.05) is 24.5 Å². The standard InChI is InChI=1S/C24H22N4O2S/c1-27-24-19(22(26-27)17-10-6-3-7-11-17)13-20(31-24)23(30)28-14-18(25-21(29)15-28)12-16-8-4-2-5-9-16/h2-11,13,18H,12,14-15H2,1H3,(H,25,29). The van der Waals surface area contributed by atoms with Crippen LogP contribution in [0.2, 0.25) is 0 Å². The SMILES string of the molecule is Cn1nc(-c2ccccc2)c2cc(C(=O)N3CC(=O)NC(Cc4ccccc4)C3)sc21. The van der Waals surface area contributed by atoms with E-state index in [2.05, 4.69) is 10.4 Å². The molecule has 0 saturated carbocycles. The Morgan fingerprint density at radius 1 is 1.13 bits per heavy atom. The molecule has 0 aliphatic carbocycles. The average molecular weight is 431 g/mol. The molecule has 7 heteroatoms. The second kappa shape index (κ2) is 8.00. The van der Waals surface area contributed by atoms with Crippen molar-refractivity contribution in [2.45, 2.75) is 12.5 Å². The van der Waals surface area contributed by atoms with Crippen LogP contribution >= 0.6 is 11.3 Å². The van der Waals surface area contributed by atoms with Crippen LogP contribution in [0, 0.1) is 0 Å². The molecule has 2 amide bonds. The van der Waals surface area contributed by atoms with E-state index >= 15 is 0 Å². The van der Waals surface area contributed by atoms with Gasteiger partial charge in [0.2, 0.25) is 5.91 Å². The van der Waals surface area contributed by atoms with Gasteiger partial charge < -0.3 is 10.2 Å². The fraction of sp³-hybridized carbons (Fsp3) is 0.208. The Hall–Kier alpha value is -3.45. The largest absolute Gasteiger partial charge is 0.350 e. The minimum atomic E-state index is -0.117. The van der Waals surface area contributed by atoms with Crippen molar-refractivity contribution < 1.29 is 9.59 Å². The van der Waals surface area contributed by atoms with E-state index in [-0.39, 0.29) is 24.4 Å². The molecule has 1 aliphatic heterocycles. The third-order valence-corrected chi connectivity index (χ3v) is 6.71. The summed E-state index contributed by atoms with van der Waals surface area (Å²) in [6.45, 7) is 0.583. The van der Waals surface area contributed by atoms with Crippen LogP contribution in [-0.4, -0.2) is 45.6 Å². The average Bonchev–Trinajstić information content (AvgIpc) is 3.35. The van der Waals surface area contributed by atoms with Crippen LogP contribution in [0.3, 0.4) is 0 Å². The summed E-state index contributed by atoms with van der Waals surface area (Å²) >= 11 is 1.43. The van der Waals surface area contributed by atoms with E-state index in [0.29, 0.717) is 17.8 Å². The molecule has 2 aromatic carbocycles. The maximum Gasteiger partial charge on any atom is 0.264 e. The molecule has 6 nitrogen and oxygen atoms in total. The van der Waals surface area contributed by atoms with Gasteiger partial charge in [-0.3, -0.25) is 14.3 Å². The van der Waals surface area contributed by atoms with E-state index in [9.17, 15) is 9.59 Å². The first kappa shape index (κ1) is 19.5.